The van der Waals surface area contributed by atoms with Gasteiger partial charge in [0.1, 0.15) is 0 Å². The minimum absolute atomic E-state index is 0.660. The second-order valence-electron chi connectivity index (χ2n) is 2.74. The van der Waals surface area contributed by atoms with E-state index >= 15 is 0 Å². The summed E-state index contributed by atoms with van der Waals surface area (Å²) in [6, 6.07) is 1.78. The van der Waals surface area contributed by atoms with Gasteiger partial charge in [-0.3, -0.25) is 4.68 Å². The predicted octanol–water partition coefficient (Wildman–Crippen LogP) is 2.26. The van der Waals surface area contributed by atoms with E-state index in [4.69, 9.17) is 11.6 Å². The molecule has 0 radical (unpaired) electrons. The third kappa shape index (κ3) is 1.21. The Morgan fingerprint density at radius 3 is 3.08 bits per heavy atom. The summed E-state index contributed by atoms with van der Waals surface area (Å²) in [5.41, 5.74) is 1.54. The van der Waals surface area contributed by atoms with Crippen LogP contribution in [0.2, 0.25) is 5.02 Å². The lowest BCUT2D eigenvalue weighted by molar-refractivity contribution is 0.786. The number of hydrogen-bond donors (Lipinski definition) is 0. The smallest absolute Gasteiger partial charge is 0.159 e. The largest absolute Gasteiger partial charge is 0.250 e. The van der Waals surface area contributed by atoms with E-state index in [1.807, 2.05) is 7.05 Å². The molecule has 0 aliphatic heterocycles. The maximum absolute atomic E-state index is 6.01. The summed E-state index contributed by atoms with van der Waals surface area (Å²) in [7, 11) is 1.83. The van der Waals surface area contributed by atoms with Gasteiger partial charge in [-0.1, -0.05) is 18.2 Å². The van der Waals surface area contributed by atoms with Crippen molar-refractivity contribution in [3.8, 4) is 0 Å². The number of aromatic nitrogens is 3. The molecule has 0 bridgehead atoms. The summed E-state index contributed by atoms with van der Waals surface area (Å²) in [5, 5.41) is 5.60. The topological polar surface area (TPSA) is 30.7 Å². The Kier molecular flexibility index (Phi) is 1.81. The maximum atomic E-state index is 6.01. The lowest BCUT2D eigenvalue weighted by atomic mass is 10.3. The molecule has 0 amide bonds. The maximum Gasteiger partial charge on any atom is 0.159 e. The van der Waals surface area contributed by atoms with Gasteiger partial charge in [0.2, 0.25) is 0 Å². The molecule has 2 aromatic rings. The molecular formula is C9H8ClN3. The summed E-state index contributed by atoms with van der Waals surface area (Å²) in [6.07, 6.45) is 3.37. The van der Waals surface area contributed by atoms with Gasteiger partial charge in [-0.15, -0.1) is 0 Å². The number of fused-ring (bicyclic) bond motifs is 1. The van der Waals surface area contributed by atoms with Crippen LogP contribution in [0.5, 0.6) is 0 Å². The Morgan fingerprint density at radius 2 is 2.38 bits per heavy atom. The Hall–Kier alpha value is -1.35. The molecule has 0 unspecified atom stereocenters. The zero-order valence-corrected chi connectivity index (χ0v) is 7.91. The molecule has 4 heteroatoms. The van der Waals surface area contributed by atoms with Gasteiger partial charge >= 0.3 is 0 Å². The summed E-state index contributed by atoms with van der Waals surface area (Å²) in [5.74, 6) is 0. The minimum atomic E-state index is 0.660. The lowest BCUT2D eigenvalue weighted by Gasteiger charge is -1.97. The van der Waals surface area contributed by atoms with E-state index in [0.29, 0.717) is 5.02 Å². The van der Waals surface area contributed by atoms with Crippen molar-refractivity contribution in [3.63, 3.8) is 0 Å². The lowest BCUT2D eigenvalue weighted by Crippen LogP contribution is -1.92. The first-order valence-corrected chi connectivity index (χ1v) is 4.21. The van der Waals surface area contributed by atoms with E-state index in [0.717, 1.165) is 16.7 Å². The standard InChI is InChI=1S/C9H8ClN3/c1-3-6-4-8(10)7-5-11-13(2)9(7)12-6/h3-5H,1H2,2H3. The van der Waals surface area contributed by atoms with E-state index in [-0.39, 0.29) is 0 Å². The van der Waals surface area contributed by atoms with Gasteiger partial charge in [-0.25, -0.2) is 4.98 Å². The summed E-state index contributed by atoms with van der Waals surface area (Å²) in [4.78, 5) is 4.31. The molecular weight excluding hydrogens is 186 g/mol. The Labute approximate surface area is 80.6 Å². The molecule has 13 heavy (non-hydrogen) atoms. The van der Waals surface area contributed by atoms with Crippen molar-refractivity contribution in [2.45, 2.75) is 0 Å². The van der Waals surface area contributed by atoms with Crippen LogP contribution in [-0.2, 0) is 7.05 Å². The van der Waals surface area contributed by atoms with Crippen LogP contribution >= 0.6 is 11.6 Å². The molecule has 0 aliphatic rings. The van der Waals surface area contributed by atoms with Crippen LogP contribution in [0.15, 0.2) is 18.8 Å². The first kappa shape index (κ1) is 8.26. The molecule has 0 N–H and O–H groups in total. The number of rotatable bonds is 1. The van der Waals surface area contributed by atoms with E-state index in [1.165, 1.54) is 0 Å². The van der Waals surface area contributed by atoms with Crippen molar-refractivity contribution in [2.75, 3.05) is 0 Å². The van der Waals surface area contributed by atoms with Crippen molar-refractivity contribution in [3.05, 3.63) is 29.6 Å². The summed E-state index contributed by atoms with van der Waals surface area (Å²) < 4.78 is 1.69. The molecule has 2 aromatic heterocycles. The highest BCUT2D eigenvalue weighted by Gasteiger charge is 2.05. The molecule has 0 aromatic carbocycles. The molecule has 3 nitrogen and oxygen atoms in total. The normalized spacial score (nSPS) is 10.6. The second kappa shape index (κ2) is 2.85. The van der Waals surface area contributed by atoms with Crippen LogP contribution in [0.4, 0.5) is 0 Å². The monoisotopic (exact) mass is 193 g/mol. The average Bonchev–Trinajstić information content (AvgIpc) is 2.48. The van der Waals surface area contributed by atoms with Gasteiger partial charge < -0.3 is 0 Å². The van der Waals surface area contributed by atoms with Crippen molar-refractivity contribution < 1.29 is 0 Å². The van der Waals surface area contributed by atoms with Gasteiger partial charge in [0, 0.05) is 7.05 Å². The van der Waals surface area contributed by atoms with Crippen LogP contribution in [0, 0.1) is 0 Å². The van der Waals surface area contributed by atoms with Gasteiger partial charge in [-0.2, -0.15) is 5.10 Å². The van der Waals surface area contributed by atoms with Gasteiger partial charge in [0.25, 0.3) is 0 Å². The minimum Gasteiger partial charge on any atom is -0.250 e. The van der Waals surface area contributed by atoms with Crippen LogP contribution in [0.3, 0.4) is 0 Å². The number of hydrogen-bond acceptors (Lipinski definition) is 2. The molecule has 0 aliphatic carbocycles. The molecule has 66 valence electrons. The summed E-state index contributed by atoms with van der Waals surface area (Å²) in [6.45, 7) is 3.64. The molecule has 2 heterocycles. The van der Waals surface area contributed by atoms with E-state index in [1.54, 1.807) is 23.0 Å². The van der Waals surface area contributed by atoms with Gasteiger partial charge in [0.15, 0.2) is 5.65 Å². The molecule has 2 rings (SSSR count). The fourth-order valence-corrected chi connectivity index (χ4v) is 1.44. The summed E-state index contributed by atoms with van der Waals surface area (Å²) >= 11 is 6.01. The van der Waals surface area contributed by atoms with Crippen molar-refractivity contribution in [2.24, 2.45) is 7.05 Å². The average molecular weight is 194 g/mol. The van der Waals surface area contributed by atoms with Crippen molar-refractivity contribution >= 4 is 28.7 Å². The Bertz CT molecular complexity index is 473. The fourth-order valence-electron chi connectivity index (χ4n) is 1.20. The first-order chi connectivity index (χ1) is 6.22. The SMILES string of the molecule is C=Cc1cc(Cl)c2cnn(C)c2n1. The number of halogens is 1. The highest BCUT2D eigenvalue weighted by atomic mass is 35.5. The van der Waals surface area contributed by atoms with Crippen LogP contribution in [0.1, 0.15) is 5.69 Å². The first-order valence-electron chi connectivity index (χ1n) is 3.83. The Morgan fingerprint density at radius 1 is 1.62 bits per heavy atom. The van der Waals surface area contributed by atoms with E-state index in [2.05, 4.69) is 16.7 Å². The quantitative estimate of drug-likeness (QED) is 0.696. The zero-order valence-electron chi connectivity index (χ0n) is 7.16. The van der Waals surface area contributed by atoms with Gasteiger partial charge in [-0.05, 0) is 12.1 Å². The Balaban J connectivity index is 2.87. The molecule has 0 spiro atoms. The second-order valence-corrected chi connectivity index (χ2v) is 3.15. The van der Waals surface area contributed by atoms with Gasteiger partial charge in [0.05, 0.1) is 22.3 Å². The number of aryl methyl sites for hydroxylation is 1. The third-order valence-corrected chi connectivity index (χ3v) is 2.20. The third-order valence-electron chi connectivity index (χ3n) is 1.88. The van der Waals surface area contributed by atoms with Crippen LogP contribution < -0.4 is 0 Å². The van der Waals surface area contributed by atoms with Crippen LogP contribution in [-0.4, -0.2) is 14.8 Å². The molecule has 0 fully saturated rings. The molecule has 0 atom stereocenters. The number of pyridine rings is 1. The van der Waals surface area contributed by atoms with E-state index < -0.39 is 0 Å². The van der Waals surface area contributed by atoms with E-state index in [9.17, 15) is 0 Å². The zero-order chi connectivity index (χ0) is 9.42. The van der Waals surface area contributed by atoms with Crippen molar-refractivity contribution in [1.29, 1.82) is 0 Å². The highest BCUT2D eigenvalue weighted by Crippen LogP contribution is 2.22. The molecule has 0 saturated carbocycles. The number of nitrogens with zero attached hydrogens (tertiary/aromatic N) is 3. The highest BCUT2D eigenvalue weighted by molar-refractivity contribution is 6.35. The van der Waals surface area contributed by atoms with Crippen LogP contribution in [0.25, 0.3) is 17.1 Å². The fraction of sp³-hybridized carbons (Fsp3) is 0.111. The van der Waals surface area contributed by atoms with Crippen molar-refractivity contribution in [1.82, 2.24) is 14.8 Å². The molecule has 0 saturated heterocycles. The predicted molar refractivity (Wildman–Crippen MR) is 53.6 cm³/mol.